The molecule has 10 heteroatoms. The van der Waals surface area contributed by atoms with E-state index in [2.05, 4.69) is 32.3 Å². The number of carbonyl (C=O) groups is 1. The van der Waals surface area contributed by atoms with Crippen molar-refractivity contribution in [3.8, 4) is 11.4 Å². The van der Waals surface area contributed by atoms with E-state index in [-0.39, 0.29) is 29.7 Å². The number of halogens is 2. The van der Waals surface area contributed by atoms with Gasteiger partial charge in [0.1, 0.15) is 11.3 Å². The molecule has 4 N–H and O–H groups in total. The highest BCUT2D eigenvalue weighted by Gasteiger charge is 2.47. The molecule has 1 amide bonds. The standard InChI is InChI=1S/C24H24Cl2N6O2/c25-16-10-14(32-5-7-34-8-6-32)3-4-15(16)23-30-21-20(17(26)11-28-24(21)31-23)29-19-13-2-1-12(9-13)18(19)22(27)33/h1-4,10-13,18-19H,5-9H2,(H2,27,33)(H2,28,29,30,31)/t12-,13+,18?,19-/m1/s1. The number of nitrogens with two attached hydrogens (primary N) is 1. The van der Waals surface area contributed by atoms with Gasteiger partial charge in [-0.2, -0.15) is 0 Å². The van der Waals surface area contributed by atoms with E-state index < -0.39 is 0 Å². The molecule has 4 atom stereocenters. The van der Waals surface area contributed by atoms with Gasteiger partial charge in [-0.15, -0.1) is 0 Å². The average Bonchev–Trinajstić information content (AvgIpc) is 3.56. The van der Waals surface area contributed by atoms with E-state index in [9.17, 15) is 4.79 Å². The minimum Gasteiger partial charge on any atom is -0.378 e. The number of benzene rings is 1. The number of hydrogen-bond donors (Lipinski definition) is 3. The number of hydrogen-bond acceptors (Lipinski definition) is 6. The van der Waals surface area contributed by atoms with Gasteiger partial charge in [-0.3, -0.25) is 4.79 Å². The molecule has 1 aromatic carbocycles. The molecule has 1 saturated heterocycles. The van der Waals surface area contributed by atoms with E-state index in [1.807, 2.05) is 18.2 Å². The zero-order valence-corrected chi connectivity index (χ0v) is 19.8. The summed E-state index contributed by atoms with van der Waals surface area (Å²) in [5, 5.41) is 4.52. The number of anilines is 2. The van der Waals surface area contributed by atoms with Crippen LogP contribution in [-0.2, 0) is 9.53 Å². The average molecular weight is 499 g/mol. The second-order valence-electron chi connectivity index (χ2n) is 9.07. The molecule has 2 fully saturated rings. The lowest BCUT2D eigenvalue weighted by atomic mass is 9.88. The van der Waals surface area contributed by atoms with Gasteiger partial charge in [0, 0.05) is 30.4 Å². The second-order valence-corrected chi connectivity index (χ2v) is 9.89. The molecule has 0 spiro atoms. The minimum absolute atomic E-state index is 0.132. The molecule has 2 bridgehead atoms. The highest BCUT2D eigenvalue weighted by molar-refractivity contribution is 6.34. The van der Waals surface area contributed by atoms with Crippen LogP contribution in [0.1, 0.15) is 6.42 Å². The second kappa shape index (κ2) is 8.45. The minimum atomic E-state index is -0.300. The van der Waals surface area contributed by atoms with Crippen molar-refractivity contribution < 1.29 is 9.53 Å². The van der Waals surface area contributed by atoms with E-state index in [4.69, 9.17) is 38.7 Å². The number of morpholine rings is 1. The quantitative estimate of drug-likeness (QED) is 0.460. The topological polar surface area (TPSA) is 109 Å². The summed E-state index contributed by atoms with van der Waals surface area (Å²) in [7, 11) is 0. The number of imidazole rings is 1. The molecule has 34 heavy (non-hydrogen) atoms. The fraction of sp³-hybridized carbons (Fsp3) is 0.375. The van der Waals surface area contributed by atoms with Gasteiger partial charge in [-0.25, -0.2) is 9.97 Å². The molecule has 1 saturated carbocycles. The zero-order chi connectivity index (χ0) is 23.4. The molecule has 3 aliphatic rings. The molecule has 3 aromatic rings. The first-order valence-electron chi connectivity index (χ1n) is 11.4. The van der Waals surface area contributed by atoms with Crippen LogP contribution in [0.5, 0.6) is 0 Å². The van der Waals surface area contributed by atoms with Crippen molar-refractivity contribution in [3.63, 3.8) is 0 Å². The Kier molecular flexibility index (Phi) is 5.39. The predicted molar refractivity (Wildman–Crippen MR) is 133 cm³/mol. The molecule has 1 aliphatic heterocycles. The van der Waals surface area contributed by atoms with Crippen LogP contribution in [0.15, 0.2) is 36.5 Å². The monoisotopic (exact) mass is 498 g/mol. The van der Waals surface area contributed by atoms with Crippen molar-refractivity contribution >= 4 is 51.6 Å². The Morgan fingerprint density at radius 3 is 2.74 bits per heavy atom. The van der Waals surface area contributed by atoms with E-state index in [1.165, 1.54) is 0 Å². The third kappa shape index (κ3) is 3.61. The molecule has 1 unspecified atom stereocenters. The molecular weight excluding hydrogens is 475 g/mol. The number of rotatable bonds is 5. The number of pyridine rings is 1. The van der Waals surface area contributed by atoms with E-state index >= 15 is 0 Å². The molecule has 2 aliphatic carbocycles. The maximum absolute atomic E-state index is 12.2. The number of aromatic amines is 1. The van der Waals surface area contributed by atoms with Crippen molar-refractivity contribution in [1.82, 2.24) is 15.0 Å². The Bertz CT molecular complexity index is 1300. The first-order valence-corrected chi connectivity index (χ1v) is 12.2. The van der Waals surface area contributed by atoms with E-state index in [1.54, 1.807) is 6.20 Å². The summed E-state index contributed by atoms with van der Waals surface area (Å²) in [6.07, 6.45) is 6.74. The molecule has 6 rings (SSSR count). The van der Waals surface area contributed by atoms with Gasteiger partial charge in [-0.1, -0.05) is 35.4 Å². The molecule has 2 aromatic heterocycles. The Balaban J connectivity index is 1.34. The molecule has 176 valence electrons. The van der Waals surface area contributed by atoms with Crippen LogP contribution in [0.2, 0.25) is 10.0 Å². The third-order valence-corrected chi connectivity index (χ3v) is 7.75. The lowest BCUT2D eigenvalue weighted by molar-refractivity contribution is -0.122. The van der Waals surface area contributed by atoms with Crippen LogP contribution in [0.4, 0.5) is 11.4 Å². The van der Waals surface area contributed by atoms with Crippen LogP contribution >= 0.6 is 23.2 Å². The number of H-pyrrole nitrogens is 1. The van der Waals surface area contributed by atoms with Gasteiger partial charge >= 0.3 is 0 Å². The Morgan fingerprint density at radius 1 is 1.18 bits per heavy atom. The Labute approximate surface area is 206 Å². The first-order chi connectivity index (χ1) is 16.5. The van der Waals surface area contributed by atoms with Gasteiger partial charge in [0.25, 0.3) is 0 Å². The van der Waals surface area contributed by atoms with Gasteiger partial charge in [0.15, 0.2) is 5.65 Å². The summed E-state index contributed by atoms with van der Waals surface area (Å²) >= 11 is 13.2. The third-order valence-electron chi connectivity index (χ3n) is 7.15. The van der Waals surface area contributed by atoms with Gasteiger partial charge < -0.3 is 25.7 Å². The fourth-order valence-electron chi connectivity index (χ4n) is 5.48. The number of fused-ring (bicyclic) bond motifs is 3. The van der Waals surface area contributed by atoms with Gasteiger partial charge in [0.05, 0.1) is 41.1 Å². The van der Waals surface area contributed by atoms with Crippen molar-refractivity contribution in [3.05, 3.63) is 46.6 Å². The number of amides is 1. The van der Waals surface area contributed by atoms with Gasteiger partial charge in [0.2, 0.25) is 5.91 Å². The summed E-state index contributed by atoms with van der Waals surface area (Å²) in [5.41, 5.74) is 9.40. The molecular formula is C24H24Cl2N6O2. The normalized spacial score (nSPS) is 25.9. The van der Waals surface area contributed by atoms with Crippen molar-refractivity contribution in [1.29, 1.82) is 0 Å². The maximum atomic E-state index is 12.2. The van der Waals surface area contributed by atoms with Gasteiger partial charge in [-0.05, 0) is 36.5 Å². The largest absolute Gasteiger partial charge is 0.378 e. The van der Waals surface area contributed by atoms with Crippen LogP contribution < -0.4 is 16.0 Å². The summed E-state index contributed by atoms with van der Waals surface area (Å²) in [6.45, 7) is 3.09. The van der Waals surface area contributed by atoms with Crippen molar-refractivity contribution in [2.75, 3.05) is 36.5 Å². The first kappa shape index (κ1) is 21.7. The molecule has 3 heterocycles. The summed E-state index contributed by atoms with van der Waals surface area (Å²) in [4.78, 5) is 26.9. The number of nitrogens with one attached hydrogen (secondary N) is 2. The predicted octanol–water partition coefficient (Wildman–Crippen LogP) is 3.86. The number of allylic oxidation sites excluding steroid dienone is 1. The fourth-order valence-corrected chi connectivity index (χ4v) is 5.94. The van der Waals surface area contributed by atoms with Crippen LogP contribution in [-0.4, -0.2) is 53.2 Å². The van der Waals surface area contributed by atoms with E-state index in [0.29, 0.717) is 45.9 Å². The van der Waals surface area contributed by atoms with Crippen LogP contribution in [0.25, 0.3) is 22.6 Å². The number of ether oxygens (including phenoxy) is 1. The highest BCUT2D eigenvalue weighted by atomic mass is 35.5. The summed E-state index contributed by atoms with van der Waals surface area (Å²) in [6, 6.07) is 5.82. The number of nitrogens with zero attached hydrogens (tertiary/aromatic N) is 3. The lowest BCUT2D eigenvalue weighted by Gasteiger charge is -2.29. The SMILES string of the molecule is NC(=O)C1[C@@H]2C=C[C@@H](C2)[C@H]1Nc1c(Cl)cnc2[nH]c(-c3ccc(N4CCOCC4)cc3Cl)nc12. The van der Waals surface area contributed by atoms with Crippen molar-refractivity contribution in [2.24, 2.45) is 23.5 Å². The molecule has 0 radical (unpaired) electrons. The number of carbonyl (C=O) groups excluding carboxylic acids is 1. The number of primary amides is 1. The smallest absolute Gasteiger partial charge is 0.223 e. The van der Waals surface area contributed by atoms with Crippen LogP contribution in [0, 0.1) is 17.8 Å². The lowest BCUT2D eigenvalue weighted by Crippen LogP contribution is -2.41. The summed E-state index contributed by atoms with van der Waals surface area (Å²) < 4.78 is 5.44. The molecule has 8 nitrogen and oxygen atoms in total. The maximum Gasteiger partial charge on any atom is 0.223 e. The van der Waals surface area contributed by atoms with Crippen LogP contribution in [0.3, 0.4) is 0 Å². The van der Waals surface area contributed by atoms with E-state index in [0.717, 1.165) is 30.8 Å². The highest BCUT2D eigenvalue weighted by Crippen LogP contribution is 2.46. The Hall–Kier alpha value is -2.81. The summed E-state index contributed by atoms with van der Waals surface area (Å²) in [5.74, 6) is 0.406. The van der Waals surface area contributed by atoms with Crippen molar-refractivity contribution in [2.45, 2.75) is 12.5 Å². The zero-order valence-electron chi connectivity index (χ0n) is 18.3. The number of aromatic nitrogens is 3. The Morgan fingerprint density at radius 2 is 1.97 bits per heavy atom.